The average molecular weight is 358 g/mol. The molecule has 0 N–H and O–H groups in total. The summed E-state index contributed by atoms with van der Waals surface area (Å²) in [7, 11) is 0. The van der Waals surface area contributed by atoms with Crippen LogP contribution in [0, 0.1) is 0 Å². The van der Waals surface area contributed by atoms with Crippen molar-refractivity contribution in [3.8, 4) is 0 Å². The van der Waals surface area contributed by atoms with Gasteiger partial charge >= 0.3 is 0 Å². The van der Waals surface area contributed by atoms with E-state index in [-0.39, 0.29) is 11.4 Å². The van der Waals surface area contributed by atoms with Gasteiger partial charge < -0.3 is 4.90 Å². The number of rotatable bonds is 2. The lowest BCUT2D eigenvalue weighted by atomic mass is 10.1. The first-order valence-electron chi connectivity index (χ1n) is 8.93. The van der Waals surface area contributed by atoms with Crippen molar-refractivity contribution in [1.29, 1.82) is 0 Å². The normalized spacial score (nSPS) is 15.2. The monoisotopic (exact) mass is 357 g/mol. The highest BCUT2D eigenvalue weighted by Crippen LogP contribution is 2.34. The first-order valence-corrected chi connectivity index (χ1v) is 9.91. The van der Waals surface area contributed by atoms with E-state index in [4.69, 9.17) is 5.10 Å². The first kappa shape index (κ1) is 18.1. The minimum Gasteiger partial charge on any atom is -0.306 e. The number of benzene rings is 1. The predicted molar refractivity (Wildman–Crippen MR) is 105 cm³/mol. The van der Waals surface area contributed by atoms with Crippen molar-refractivity contribution in [2.45, 2.75) is 57.4 Å². The summed E-state index contributed by atoms with van der Waals surface area (Å²) in [5.74, 6) is 1.36. The maximum Gasteiger partial charge on any atom is 0.278 e. The summed E-state index contributed by atoms with van der Waals surface area (Å²) in [6, 6.07) is 10.1. The van der Waals surface area contributed by atoms with E-state index in [9.17, 15) is 4.79 Å². The number of carbonyl (C=O) groups excluding carboxylic acids is 1. The van der Waals surface area contributed by atoms with E-state index in [1.54, 1.807) is 0 Å². The molecular formula is C20H27N3OS. The summed E-state index contributed by atoms with van der Waals surface area (Å²) in [6.45, 7) is 11.4. The molecule has 1 aliphatic heterocycles. The van der Waals surface area contributed by atoms with E-state index in [1.165, 1.54) is 4.90 Å². The highest BCUT2D eigenvalue weighted by molar-refractivity contribution is 7.99. The highest BCUT2D eigenvalue weighted by atomic mass is 32.2. The number of thioether (sulfide) groups is 1. The maximum absolute atomic E-state index is 13.3. The molecule has 0 aliphatic carbocycles. The van der Waals surface area contributed by atoms with E-state index in [0.29, 0.717) is 11.6 Å². The smallest absolute Gasteiger partial charge is 0.278 e. The molecule has 0 spiro atoms. The van der Waals surface area contributed by atoms with Crippen LogP contribution in [0.1, 0.15) is 63.1 Å². The minimum atomic E-state index is -0.148. The second-order valence-electron chi connectivity index (χ2n) is 7.82. The summed E-state index contributed by atoms with van der Waals surface area (Å²) in [5.41, 5.74) is 2.50. The quantitative estimate of drug-likeness (QED) is 0.767. The number of carbonyl (C=O) groups is 1. The summed E-state index contributed by atoms with van der Waals surface area (Å²) in [4.78, 5) is 16.3. The summed E-state index contributed by atoms with van der Waals surface area (Å²) < 4.78 is 2.00. The Morgan fingerprint density at radius 1 is 1.24 bits per heavy atom. The number of anilines is 1. The zero-order valence-electron chi connectivity index (χ0n) is 15.7. The Balaban J connectivity index is 2.02. The molecular weight excluding hydrogens is 330 g/mol. The van der Waals surface area contributed by atoms with E-state index >= 15 is 0 Å². The van der Waals surface area contributed by atoms with Crippen LogP contribution in [0.4, 0.5) is 5.69 Å². The van der Waals surface area contributed by atoms with Crippen LogP contribution in [0.15, 0.2) is 35.2 Å². The van der Waals surface area contributed by atoms with Gasteiger partial charge in [0, 0.05) is 17.1 Å². The van der Waals surface area contributed by atoms with Gasteiger partial charge in [-0.1, -0.05) is 26.0 Å². The Labute approximate surface area is 154 Å². The van der Waals surface area contributed by atoms with Gasteiger partial charge in [-0.3, -0.25) is 9.48 Å². The zero-order valence-corrected chi connectivity index (χ0v) is 16.6. The zero-order chi connectivity index (χ0) is 18.2. The number of nitrogens with zero attached hydrogens (tertiary/aromatic N) is 3. The Morgan fingerprint density at radius 2 is 1.96 bits per heavy atom. The molecule has 25 heavy (non-hydrogen) atoms. The maximum atomic E-state index is 13.3. The Kier molecular flexibility index (Phi) is 4.96. The number of aromatic nitrogens is 2. The minimum absolute atomic E-state index is 0.000139. The van der Waals surface area contributed by atoms with Crippen LogP contribution in [0.5, 0.6) is 0 Å². The van der Waals surface area contributed by atoms with E-state index in [0.717, 1.165) is 30.1 Å². The fourth-order valence-corrected chi connectivity index (χ4v) is 4.12. The molecule has 2 aromatic rings. The van der Waals surface area contributed by atoms with Gasteiger partial charge in [0.25, 0.3) is 5.91 Å². The molecule has 0 radical (unpaired) electrons. The standard InChI is InChI=1S/C20H27N3OS/c1-14(2)17-13-15(21-23(17)20(3,4)5)19(24)22-11-8-12-25-18-10-7-6-9-16(18)22/h6-7,9-10,13-14H,8,11-12H2,1-5H3. The van der Waals surface area contributed by atoms with Crippen molar-refractivity contribution >= 4 is 23.4 Å². The third kappa shape index (κ3) is 3.61. The summed E-state index contributed by atoms with van der Waals surface area (Å²) in [5, 5.41) is 4.70. The Morgan fingerprint density at radius 3 is 2.60 bits per heavy atom. The van der Waals surface area contributed by atoms with Crippen LogP contribution in [0.3, 0.4) is 0 Å². The first-order chi connectivity index (χ1) is 11.8. The van der Waals surface area contributed by atoms with Gasteiger partial charge in [0.05, 0.1) is 11.2 Å². The second kappa shape index (κ2) is 6.87. The van der Waals surface area contributed by atoms with Crippen LogP contribution in [0.25, 0.3) is 0 Å². The van der Waals surface area contributed by atoms with Crippen LogP contribution in [-0.2, 0) is 5.54 Å². The summed E-state index contributed by atoms with van der Waals surface area (Å²) in [6.07, 6.45) is 0.988. The predicted octanol–water partition coefficient (Wildman–Crippen LogP) is 4.90. The molecule has 0 atom stereocenters. The molecule has 0 bridgehead atoms. The topological polar surface area (TPSA) is 38.1 Å². The highest BCUT2D eigenvalue weighted by Gasteiger charge is 2.28. The van der Waals surface area contributed by atoms with Gasteiger partial charge in [-0.2, -0.15) is 5.10 Å². The van der Waals surface area contributed by atoms with Gasteiger partial charge in [-0.25, -0.2) is 0 Å². The number of amides is 1. The van der Waals surface area contributed by atoms with Crippen LogP contribution in [0.2, 0.25) is 0 Å². The lowest BCUT2D eigenvalue weighted by Crippen LogP contribution is -2.33. The van der Waals surface area contributed by atoms with Gasteiger partial charge in [-0.05, 0) is 57.1 Å². The number of para-hydroxylation sites is 1. The molecule has 0 fully saturated rings. The molecule has 4 nitrogen and oxygen atoms in total. The molecule has 1 amide bonds. The largest absolute Gasteiger partial charge is 0.306 e. The molecule has 1 aromatic carbocycles. The van der Waals surface area contributed by atoms with Gasteiger partial charge in [-0.15, -0.1) is 11.8 Å². The lowest BCUT2D eigenvalue weighted by molar-refractivity contribution is 0.0980. The molecule has 134 valence electrons. The van der Waals surface area contributed by atoms with Crippen molar-refractivity contribution in [3.63, 3.8) is 0 Å². The van der Waals surface area contributed by atoms with Gasteiger partial charge in [0.15, 0.2) is 5.69 Å². The second-order valence-corrected chi connectivity index (χ2v) is 8.96. The van der Waals surface area contributed by atoms with Gasteiger partial charge in [0.1, 0.15) is 0 Å². The van der Waals surface area contributed by atoms with Crippen LogP contribution < -0.4 is 4.90 Å². The molecule has 0 saturated heterocycles. The van der Waals surface area contributed by atoms with E-state index in [2.05, 4.69) is 40.7 Å². The molecule has 0 unspecified atom stereocenters. The molecule has 0 saturated carbocycles. The van der Waals surface area contributed by atoms with Crippen LogP contribution in [-0.4, -0.2) is 28.0 Å². The number of hydrogen-bond acceptors (Lipinski definition) is 3. The molecule has 5 heteroatoms. The third-order valence-electron chi connectivity index (χ3n) is 4.37. The van der Waals surface area contributed by atoms with Crippen molar-refractivity contribution in [1.82, 2.24) is 9.78 Å². The number of hydrogen-bond donors (Lipinski definition) is 0. The van der Waals surface area contributed by atoms with Crippen molar-refractivity contribution in [2.24, 2.45) is 0 Å². The molecule has 1 aliphatic rings. The van der Waals surface area contributed by atoms with E-state index < -0.39 is 0 Å². The third-order valence-corrected chi connectivity index (χ3v) is 5.52. The van der Waals surface area contributed by atoms with Crippen LogP contribution >= 0.6 is 11.8 Å². The van der Waals surface area contributed by atoms with Crippen molar-refractivity contribution < 1.29 is 4.79 Å². The molecule has 1 aromatic heterocycles. The van der Waals surface area contributed by atoms with Crippen molar-refractivity contribution in [3.05, 3.63) is 41.7 Å². The summed E-state index contributed by atoms with van der Waals surface area (Å²) >= 11 is 1.82. The van der Waals surface area contributed by atoms with Crippen molar-refractivity contribution in [2.75, 3.05) is 17.2 Å². The van der Waals surface area contributed by atoms with E-state index in [1.807, 2.05) is 45.6 Å². The van der Waals surface area contributed by atoms with Gasteiger partial charge in [0.2, 0.25) is 0 Å². The fourth-order valence-electron chi connectivity index (χ4n) is 3.13. The average Bonchev–Trinajstić information content (AvgIpc) is 2.91. The Hall–Kier alpha value is -1.75. The fraction of sp³-hybridized carbons (Fsp3) is 0.500. The molecule has 3 rings (SSSR count). The number of fused-ring (bicyclic) bond motifs is 1. The Bertz CT molecular complexity index is 773. The molecule has 2 heterocycles. The SMILES string of the molecule is CC(C)c1cc(C(=O)N2CCCSc3ccccc32)nn1C(C)(C)C. The lowest BCUT2D eigenvalue weighted by Gasteiger charge is -2.24.